The predicted octanol–water partition coefficient (Wildman–Crippen LogP) is 16.1. The van der Waals surface area contributed by atoms with Crippen LogP contribution in [0.3, 0.4) is 0 Å². The smallest absolute Gasteiger partial charge is 0.0504 e. The topological polar surface area (TPSA) is 0 Å². The summed E-state index contributed by atoms with van der Waals surface area (Å²) in [6, 6.07) is 35.3. The van der Waals surface area contributed by atoms with Crippen LogP contribution in [0, 0.1) is 0 Å². The van der Waals surface area contributed by atoms with Crippen molar-refractivity contribution in [3.05, 3.63) is 197 Å². The number of hydrogen-bond acceptors (Lipinski definition) is 2. The molecule has 1 aliphatic heterocycles. The van der Waals surface area contributed by atoms with Crippen LogP contribution in [0.2, 0.25) is 0 Å². The highest BCUT2D eigenvalue weighted by Crippen LogP contribution is 2.52. The van der Waals surface area contributed by atoms with E-state index in [1.807, 2.05) is 23.1 Å². The molecule has 0 amide bonds. The van der Waals surface area contributed by atoms with Crippen molar-refractivity contribution in [1.29, 1.82) is 0 Å². The average Bonchev–Trinajstić information content (AvgIpc) is 3.82. The Balaban J connectivity index is 1.09. The SMILES string of the molecule is C=C(/C=C\C(=C)c1c2ccccc2c(/C(C)=C/C=C(/C=C\C)CC)c2ccccc12)/C(C)=C/C=C1\Cc2c(c3sc4ccccc4c3c3ccccc23)S1. The molecule has 264 valence electrons. The Morgan fingerprint density at radius 2 is 1.26 bits per heavy atom. The van der Waals surface area contributed by atoms with Crippen molar-refractivity contribution >= 4 is 86.7 Å². The third-order valence-electron chi connectivity index (χ3n) is 10.7. The van der Waals surface area contributed by atoms with Crippen LogP contribution < -0.4 is 0 Å². The van der Waals surface area contributed by atoms with Crippen molar-refractivity contribution < 1.29 is 0 Å². The van der Waals surface area contributed by atoms with Crippen LogP contribution in [0.5, 0.6) is 0 Å². The van der Waals surface area contributed by atoms with E-state index >= 15 is 0 Å². The monoisotopic (exact) mass is 732 g/mol. The van der Waals surface area contributed by atoms with Crippen LogP contribution >= 0.6 is 23.1 Å². The second kappa shape index (κ2) is 15.1. The highest BCUT2D eigenvalue weighted by Gasteiger charge is 2.25. The third-order valence-corrected chi connectivity index (χ3v) is 13.2. The third kappa shape index (κ3) is 6.44. The van der Waals surface area contributed by atoms with Gasteiger partial charge in [-0.15, -0.1) is 11.3 Å². The van der Waals surface area contributed by atoms with Crippen molar-refractivity contribution in [3.63, 3.8) is 0 Å². The van der Waals surface area contributed by atoms with E-state index in [1.54, 1.807) is 0 Å². The van der Waals surface area contributed by atoms with Gasteiger partial charge in [-0.1, -0.05) is 171 Å². The van der Waals surface area contributed by atoms with Gasteiger partial charge in [0.25, 0.3) is 0 Å². The van der Waals surface area contributed by atoms with Crippen molar-refractivity contribution in [2.24, 2.45) is 0 Å². The minimum atomic E-state index is 0.949. The van der Waals surface area contributed by atoms with E-state index in [9.17, 15) is 0 Å². The lowest BCUT2D eigenvalue weighted by Gasteiger charge is -2.18. The molecule has 0 nitrogen and oxygen atoms in total. The van der Waals surface area contributed by atoms with Gasteiger partial charge < -0.3 is 0 Å². The first kappa shape index (κ1) is 35.6. The number of rotatable bonds is 9. The normalized spacial score (nSPS) is 15.0. The van der Waals surface area contributed by atoms with E-state index in [0.29, 0.717) is 0 Å². The van der Waals surface area contributed by atoms with E-state index in [1.165, 1.54) is 90.1 Å². The van der Waals surface area contributed by atoms with E-state index in [0.717, 1.165) is 29.6 Å². The molecule has 54 heavy (non-hydrogen) atoms. The lowest BCUT2D eigenvalue weighted by Crippen LogP contribution is -1.94. The summed E-state index contributed by atoms with van der Waals surface area (Å²) in [4.78, 5) is 2.79. The first-order chi connectivity index (χ1) is 26.4. The summed E-state index contributed by atoms with van der Waals surface area (Å²) in [7, 11) is 0. The molecule has 0 saturated heterocycles. The highest BCUT2D eigenvalue weighted by atomic mass is 32.2. The Labute approximate surface area is 327 Å². The van der Waals surface area contributed by atoms with Crippen LogP contribution in [0.4, 0.5) is 0 Å². The zero-order valence-corrected chi connectivity index (χ0v) is 33.1. The largest absolute Gasteiger partial charge is 0.134 e. The standard InChI is InChI=1S/C52H44S2/c1-7-17-37(8-2)30-28-36(6)49-43-22-13-11-20-41(43)48(42-21-12-14-23-44(42)49)35(5)27-26-33(3)34(4)29-31-38-32-46-39-18-9-10-19-40(39)50-45-24-15-16-25-47(45)54-52(50)51(46)53-38/h7,9-31H,3,5,8,32H2,1-2,4,6H3/b17-7-,27-26-,34-29+,36-28+,37-30+,38-31+. The van der Waals surface area contributed by atoms with Gasteiger partial charge in [0.2, 0.25) is 0 Å². The predicted molar refractivity (Wildman–Crippen MR) is 244 cm³/mol. The number of benzene rings is 6. The Hall–Kier alpha value is -5.41. The van der Waals surface area contributed by atoms with Gasteiger partial charge in [-0.3, -0.25) is 0 Å². The Bertz CT molecular complexity index is 2800. The maximum absolute atomic E-state index is 4.63. The molecule has 6 aromatic carbocycles. The molecular weight excluding hydrogens is 689 g/mol. The molecule has 0 unspecified atom stereocenters. The maximum Gasteiger partial charge on any atom is 0.0504 e. The molecule has 0 radical (unpaired) electrons. The van der Waals surface area contributed by atoms with Gasteiger partial charge in [0.05, 0.1) is 4.70 Å². The van der Waals surface area contributed by atoms with Crippen LogP contribution in [0.1, 0.15) is 50.8 Å². The molecule has 2 heteroatoms. The number of allylic oxidation sites excluding steroid dienone is 14. The first-order valence-electron chi connectivity index (χ1n) is 18.8. The number of fused-ring (bicyclic) bond motifs is 10. The number of thioether (sulfide) groups is 1. The molecule has 1 aromatic heterocycles. The van der Waals surface area contributed by atoms with Crippen LogP contribution in [0.15, 0.2) is 185 Å². The van der Waals surface area contributed by atoms with Crippen LogP contribution in [-0.4, -0.2) is 0 Å². The Morgan fingerprint density at radius 1 is 0.667 bits per heavy atom. The average molecular weight is 733 g/mol. The fourth-order valence-electron chi connectivity index (χ4n) is 7.88. The minimum absolute atomic E-state index is 0.949. The van der Waals surface area contributed by atoms with Gasteiger partial charge >= 0.3 is 0 Å². The zero-order chi connectivity index (χ0) is 37.3. The van der Waals surface area contributed by atoms with E-state index in [4.69, 9.17) is 0 Å². The van der Waals surface area contributed by atoms with E-state index in [-0.39, 0.29) is 0 Å². The summed E-state index contributed by atoms with van der Waals surface area (Å²) in [5.74, 6) is 0. The molecule has 0 saturated carbocycles. The van der Waals surface area contributed by atoms with Gasteiger partial charge in [0.15, 0.2) is 0 Å². The molecule has 0 N–H and O–H groups in total. The second-order valence-electron chi connectivity index (χ2n) is 14.1. The maximum atomic E-state index is 4.63. The molecule has 7 aromatic rings. The Morgan fingerprint density at radius 3 is 1.91 bits per heavy atom. The summed E-state index contributed by atoms with van der Waals surface area (Å²) in [5, 5.41) is 10.4. The molecule has 0 bridgehead atoms. The minimum Gasteiger partial charge on any atom is -0.134 e. The van der Waals surface area contributed by atoms with Crippen molar-refractivity contribution in [1.82, 2.24) is 0 Å². The summed E-state index contributed by atoms with van der Waals surface area (Å²) < 4.78 is 2.77. The van der Waals surface area contributed by atoms with E-state index in [2.05, 4.69) is 187 Å². The lowest BCUT2D eigenvalue weighted by molar-refractivity contribution is 1.15. The lowest BCUT2D eigenvalue weighted by atomic mass is 9.86. The second-order valence-corrected chi connectivity index (χ2v) is 16.3. The highest BCUT2D eigenvalue weighted by molar-refractivity contribution is 8.03. The van der Waals surface area contributed by atoms with Crippen molar-refractivity contribution in [2.45, 2.75) is 45.4 Å². The fourth-order valence-corrected chi connectivity index (χ4v) is 10.4. The molecule has 2 heterocycles. The van der Waals surface area contributed by atoms with Gasteiger partial charge in [-0.2, -0.15) is 0 Å². The van der Waals surface area contributed by atoms with Gasteiger partial charge in [0.1, 0.15) is 0 Å². The summed E-state index contributed by atoms with van der Waals surface area (Å²) >= 11 is 3.86. The summed E-state index contributed by atoms with van der Waals surface area (Å²) in [6.07, 6.45) is 19.6. The van der Waals surface area contributed by atoms with Crippen LogP contribution in [0.25, 0.3) is 63.6 Å². The quantitative estimate of drug-likeness (QED) is 0.105. The number of hydrogen-bond donors (Lipinski definition) is 0. The summed E-state index contributed by atoms with van der Waals surface area (Å²) in [5.41, 5.74) is 9.56. The molecule has 0 aliphatic carbocycles. The molecule has 1 aliphatic rings. The van der Waals surface area contributed by atoms with Gasteiger partial charge in [0, 0.05) is 26.8 Å². The number of thiophene rings is 1. The summed E-state index contributed by atoms with van der Waals surface area (Å²) in [6.45, 7) is 17.8. The molecule has 0 spiro atoms. The molecule has 0 atom stereocenters. The van der Waals surface area contributed by atoms with Crippen LogP contribution in [-0.2, 0) is 6.42 Å². The zero-order valence-electron chi connectivity index (χ0n) is 31.5. The van der Waals surface area contributed by atoms with E-state index < -0.39 is 0 Å². The molecule has 8 rings (SSSR count). The van der Waals surface area contributed by atoms with Crippen molar-refractivity contribution in [3.8, 4) is 0 Å². The first-order valence-corrected chi connectivity index (χ1v) is 20.4. The fraction of sp³-hybridized carbons (Fsp3) is 0.115. The molecule has 0 fully saturated rings. The molecular formula is C52H44S2. The Kier molecular flexibility index (Phi) is 9.99. The van der Waals surface area contributed by atoms with Crippen molar-refractivity contribution in [2.75, 3.05) is 0 Å². The van der Waals surface area contributed by atoms with Gasteiger partial charge in [-0.25, -0.2) is 0 Å². The van der Waals surface area contributed by atoms with Gasteiger partial charge in [-0.05, 0) is 115 Å².